The minimum absolute atomic E-state index is 0.353. The van der Waals surface area contributed by atoms with Gasteiger partial charge in [-0.25, -0.2) is 4.79 Å². The fourth-order valence-corrected chi connectivity index (χ4v) is 1.89. The third kappa shape index (κ3) is 4.04. The maximum atomic E-state index is 11.0. The summed E-state index contributed by atoms with van der Waals surface area (Å²) in [6.07, 6.45) is 1.47. The highest BCUT2D eigenvalue weighted by molar-refractivity contribution is 6.38. The molecule has 106 valence electrons. The van der Waals surface area contributed by atoms with Gasteiger partial charge in [0.05, 0.1) is 0 Å². The highest BCUT2D eigenvalue weighted by Crippen LogP contribution is 2.15. The van der Waals surface area contributed by atoms with Crippen molar-refractivity contribution >= 4 is 17.5 Å². The molecule has 4 heteroatoms. The summed E-state index contributed by atoms with van der Waals surface area (Å²) < 4.78 is 0. The number of carboxylic acid groups (broad SMARTS) is 1. The molecule has 0 heterocycles. The number of carbonyl (C=O) groups is 2. The predicted molar refractivity (Wildman–Crippen MR) is 78.9 cm³/mol. The Hall–Kier alpha value is -2.88. The third-order valence-corrected chi connectivity index (χ3v) is 2.98. The third-order valence-electron chi connectivity index (χ3n) is 2.98. The van der Waals surface area contributed by atoms with Crippen LogP contribution in [0.4, 0.5) is 0 Å². The molecule has 0 aliphatic heterocycles. The molecule has 0 unspecified atom stereocenters. The molecule has 0 bridgehead atoms. The van der Waals surface area contributed by atoms with Crippen molar-refractivity contribution in [2.24, 2.45) is 0 Å². The standard InChI is InChI=1S/C17H14O4/c18-15(11-16(19)17(20)21)14-8-6-13(7-9-14)10-12-4-2-1-3-5-12/h1-9,11,18H,10H2,(H,20,21)/b15-11-. The second-order valence-corrected chi connectivity index (χ2v) is 4.56. The fourth-order valence-electron chi connectivity index (χ4n) is 1.89. The molecule has 21 heavy (non-hydrogen) atoms. The van der Waals surface area contributed by atoms with E-state index >= 15 is 0 Å². The Morgan fingerprint density at radius 3 is 2.00 bits per heavy atom. The van der Waals surface area contributed by atoms with Crippen LogP contribution in [-0.2, 0) is 16.0 Å². The molecule has 0 atom stereocenters. The first-order valence-electron chi connectivity index (χ1n) is 6.37. The summed E-state index contributed by atoms with van der Waals surface area (Å²) in [5, 5.41) is 18.2. The van der Waals surface area contributed by atoms with Crippen molar-refractivity contribution in [3.8, 4) is 0 Å². The van der Waals surface area contributed by atoms with E-state index in [2.05, 4.69) is 0 Å². The lowest BCUT2D eigenvalue weighted by molar-refractivity contribution is -0.146. The quantitative estimate of drug-likeness (QED) is 0.502. The van der Waals surface area contributed by atoms with Crippen molar-refractivity contribution in [3.05, 3.63) is 77.4 Å². The van der Waals surface area contributed by atoms with E-state index in [1.807, 2.05) is 42.5 Å². The van der Waals surface area contributed by atoms with Gasteiger partial charge in [-0.1, -0.05) is 54.6 Å². The van der Waals surface area contributed by atoms with Crippen LogP contribution in [-0.4, -0.2) is 22.0 Å². The number of aliphatic hydroxyl groups excluding tert-OH is 1. The number of benzene rings is 2. The summed E-state index contributed by atoms with van der Waals surface area (Å²) in [5.74, 6) is -3.10. The highest BCUT2D eigenvalue weighted by atomic mass is 16.4. The summed E-state index contributed by atoms with van der Waals surface area (Å²) in [5.41, 5.74) is 2.63. The first kappa shape index (κ1) is 14.5. The maximum absolute atomic E-state index is 11.0. The number of aliphatic hydroxyl groups is 1. The van der Waals surface area contributed by atoms with Gasteiger partial charge in [-0.2, -0.15) is 0 Å². The highest BCUT2D eigenvalue weighted by Gasteiger charge is 2.10. The minimum Gasteiger partial charge on any atom is -0.507 e. The van der Waals surface area contributed by atoms with Crippen LogP contribution in [0.2, 0.25) is 0 Å². The van der Waals surface area contributed by atoms with Crippen LogP contribution in [0.25, 0.3) is 5.76 Å². The first-order chi connectivity index (χ1) is 10.1. The molecule has 4 nitrogen and oxygen atoms in total. The van der Waals surface area contributed by atoms with Gasteiger partial charge in [-0.15, -0.1) is 0 Å². The summed E-state index contributed by atoms with van der Waals surface area (Å²) in [6.45, 7) is 0. The van der Waals surface area contributed by atoms with E-state index in [1.54, 1.807) is 12.1 Å². The first-order valence-corrected chi connectivity index (χ1v) is 6.37. The van der Waals surface area contributed by atoms with Gasteiger partial charge in [0, 0.05) is 11.6 Å². The van der Waals surface area contributed by atoms with Gasteiger partial charge in [0.15, 0.2) is 0 Å². The molecule has 2 rings (SSSR count). The number of carboxylic acids is 1. The molecule has 0 aliphatic carbocycles. The van der Waals surface area contributed by atoms with E-state index in [-0.39, 0.29) is 5.76 Å². The van der Waals surface area contributed by atoms with Crippen LogP contribution >= 0.6 is 0 Å². The van der Waals surface area contributed by atoms with Gasteiger partial charge in [-0.3, -0.25) is 4.79 Å². The molecular weight excluding hydrogens is 268 g/mol. The zero-order chi connectivity index (χ0) is 15.2. The fraction of sp³-hybridized carbons (Fsp3) is 0.0588. The summed E-state index contributed by atoms with van der Waals surface area (Å²) in [7, 11) is 0. The van der Waals surface area contributed by atoms with Gasteiger partial charge in [0.2, 0.25) is 0 Å². The molecule has 0 saturated carbocycles. The van der Waals surface area contributed by atoms with Crippen molar-refractivity contribution in [1.82, 2.24) is 0 Å². The normalized spacial score (nSPS) is 11.1. The Kier molecular flexibility index (Phi) is 4.51. The topological polar surface area (TPSA) is 74.6 Å². The molecular formula is C17H14O4. The molecule has 0 fully saturated rings. The monoisotopic (exact) mass is 282 g/mol. The van der Waals surface area contributed by atoms with Crippen LogP contribution in [0.5, 0.6) is 0 Å². The van der Waals surface area contributed by atoms with Crippen molar-refractivity contribution in [2.45, 2.75) is 6.42 Å². The SMILES string of the molecule is O=C(O)C(=O)/C=C(\O)c1ccc(Cc2ccccc2)cc1. The van der Waals surface area contributed by atoms with Gasteiger partial charge in [0.25, 0.3) is 5.78 Å². The lowest BCUT2D eigenvalue weighted by atomic mass is 10.0. The van der Waals surface area contributed by atoms with E-state index in [0.29, 0.717) is 11.6 Å². The van der Waals surface area contributed by atoms with E-state index in [0.717, 1.165) is 12.0 Å². The largest absolute Gasteiger partial charge is 0.507 e. The summed E-state index contributed by atoms with van der Waals surface area (Å²) >= 11 is 0. The molecule has 2 N–H and O–H groups in total. The van der Waals surface area contributed by atoms with Crippen LogP contribution in [0, 0.1) is 0 Å². The number of aliphatic carboxylic acids is 1. The molecule has 0 aromatic heterocycles. The van der Waals surface area contributed by atoms with Crippen molar-refractivity contribution in [3.63, 3.8) is 0 Å². The predicted octanol–water partition coefficient (Wildman–Crippen LogP) is 2.83. The second-order valence-electron chi connectivity index (χ2n) is 4.56. The molecule has 0 spiro atoms. The van der Waals surface area contributed by atoms with E-state index < -0.39 is 11.8 Å². The molecule has 2 aromatic rings. The molecule has 0 radical (unpaired) electrons. The summed E-state index contributed by atoms with van der Waals surface area (Å²) in [6, 6.07) is 16.9. The zero-order valence-corrected chi connectivity index (χ0v) is 11.2. The van der Waals surface area contributed by atoms with Gasteiger partial charge in [-0.05, 0) is 17.5 Å². The number of carbonyl (C=O) groups excluding carboxylic acids is 1. The van der Waals surface area contributed by atoms with E-state index in [4.69, 9.17) is 5.11 Å². The van der Waals surface area contributed by atoms with Crippen LogP contribution in [0.15, 0.2) is 60.7 Å². The van der Waals surface area contributed by atoms with Gasteiger partial charge in [0.1, 0.15) is 5.76 Å². The van der Waals surface area contributed by atoms with Crippen LogP contribution in [0.3, 0.4) is 0 Å². The number of ketones is 1. The Morgan fingerprint density at radius 1 is 0.857 bits per heavy atom. The minimum atomic E-state index is -1.60. The molecule has 0 amide bonds. The average molecular weight is 282 g/mol. The lowest BCUT2D eigenvalue weighted by Gasteiger charge is -2.04. The number of hydrogen-bond donors (Lipinski definition) is 2. The Balaban J connectivity index is 2.12. The average Bonchev–Trinajstić information content (AvgIpc) is 2.48. The van der Waals surface area contributed by atoms with Crippen molar-refractivity contribution in [2.75, 3.05) is 0 Å². The van der Waals surface area contributed by atoms with Crippen LogP contribution < -0.4 is 0 Å². The van der Waals surface area contributed by atoms with Crippen molar-refractivity contribution in [1.29, 1.82) is 0 Å². The van der Waals surface area contributed by atoms with Gasteiger partial charge < -0.3 is 10.2 Å². The molecule has 0 aliphatic rings. The lowest BCUT2D eigenvalue weighted by Crippen LogP contribution is -2.09. The maximum Gasteiger partial charge on any atom is 0.376 e. The van der Waals surface area contributed by atoms with E-state index in [9.17, 15) is 14.7 Å². The Bertz CT molecular complexity index is 670. The number of hydrogen-bond acceptors (Lipinski definition) is 3. The Morgan fingerprint density at radius 2 is 1.43 bits per heavy atom. The van der Waals surface area contributed by atoms with E-state index in [1.165, 1.54) is 5.56 Å². The smallest absolute Gasteiger partial charge is 0.376 e. The Labute approximate surface area is 122 Å². The van der Waals surface area contributed by atoms with Gasteiger partial charge >= 0.3 is 5.97 Å². The van der Waals surface area contributed by atoms with Crippen molar-refractivity contribution < 1.29 is 19.8 Å². The molecule has 2 aromatic carbocycles. The second kappa shape index (κ2) is 6.52. The number of rotatable bonds is 5. The zero-order valence-electron chi connectivity index (χ0n) is 11.2. The molecule has 0 saturated heterocycles. The van der Waals surface area contributed by atoms with Crippen LogP contribution in [0.1, 0.15) is 16.7 Å². The summed E-state index contributed by atoms with van der Waals surface area (Å²) in [4.78, 5) is 21.4.